The summed E-state index contributed by atoms with van der Waals surface area (Å²) in [5.41, 5.74) is 2.04. The Morgan fingerprint density at radius 1 is 0.917 bits per heavy atom. The maximum absolute atomic E-state index is 13.1. The molecule has 0 spiro atoms. The zero-order chi connectivity index (χ0) is 24.7. The van der Waals surface area contributed by atoms with Gasteiger partial charge in [-0.05, 0) is 61.8 Å². The summed E-state index contributed by atoms with van der Waals surface area (Å²) in [6.45, 7) is -0.395. The normalized spacial score (nSPS) is 25.8. The van der Waals surface area contributed by atoms with Crippen LogP contribution in [0.5, 0.6) is 0 Å². The first-order chi connectivity index (χ1) is 17.5. The molecule has 6 heteroatoms. The van der Waals surface area contributed by atoms with E-state index < -0.39 is 17.9 Å². The van der Waals surface area contributed by atoms with Crippen molar-refractivity contribution in [2.45, 2.75) is 38.5 Å². The van der Waals surface area contributed by atoms with Crippen molar-refractivity contribution in [2.75, 3.05) is 11.9 Å². The minimum absolute atomic E-state index is 0.0612. The molecule has 4 fully saturated rings. The molecule has 0 saturated heterocycles. The van der Waals surface area contributed by atoms with Gasteiger partial charge in [-0.1, -0.05) is 60.7 Å². The van der Waals surface area contributed by atoms with Gasteiger partial charge >= 0.3 is 5.97 Å². The van der Waals surface area contributed by atoms with Crippen LogP contribution in [0.2, 0.25) is 0 Å². The van der Waals surface area contributed by atoms with E-state index in [4.69, 9.17) is 9.15 Å². The lowest BCUT2D eigenvalue weighted by Crippen LogP contribution is -2.50. The lowest BCUT2D eigenvalue weighted by Gasteiger charge is -2.55. The number of nitrogens with one attached hydrogen (secondary N) is 1. The molecule has 0 unspecified atom stereocenters. The van der Waals surface area contributed by atoms with Gasteiger partial charge in [0.15, 0.2) is 6.61 Å². The lowest BCUT2D eigenvalue weighted by molar-refractivity contribution is -0.172. The number of rotatable bonds is 6. The predicted octanol–water partition coefficient (Wildman–Crippen LogP) is 6.18. The van der Waals surface area contributed by atoms with E-state index >= 15 is 0 Å². The molecule has 182 valence electrons. The second-order valence-corrected chi connectivity index (χ2v) is 10.7. The van der Waals surface area contributed by atoms with Crippen molar-refractivity contribution in [3.05, 3.63) is 66.2 Å². The summed E-state index contributed by atoms with van der Waals surface area (Å²) in [4.78, 5) is 26.0. The van der Waals surface area contributed by atoms with E-state index in [1.165, 1.54) is 19.3 Å². The Morgan fingerprint density at radius 2 is 1.47 bits per heavy atom. The molecule has 2 aromatic carbocycles. The summed E-state index contributed by atoms with van der Waals surface area (Å²) in [6, 6.07) is 21.1. The van der Waals surface area contributed by atoms with Crippen molar-refractivity contribution in [2.24, 2.45) is 23.2 Å². The van der Waals surface area contributed by atoms with Gasteiger partial charge in [-0.2, -0.15) is 5.26 Å². The van der Waals surface area contributed by atoms with E-state index in [2.05, 4.69) is 11.4 Å². The molecule has 36 heavy (non-hydrogen) atoms. The molecule has 4 aliphatic rings. The van der Waals surface area contributed by atoms with Gasteiger partial charge < -0.3 is 9.15 Å². The second-order valence-electron chi connectivity index (χ2n) is 10.7. The molecule has 1 N–H and O–H groups in total. The predicted molar refractivity (Wildman–Crippen MR) is 134 cm³/mol. The number of amides is 1. The van der Waals surface area contributed by atoms with Crippen molar-refractivity contribution in [3.8, 4) is 28.5 Å². The summed E-state index contributed by atoms with van der Waals surface area (Å²) in [5.74, 6) is 1.65. The van der Waals surface area contributed by atoms with Crippen LogP contribution in [0, 0.1) is 34.5 Å². The molecule has 0 atom stereocenters. The quantitative estimate of drug-likeness (QED) is 0.425. The van der Waals surface area contributed by atoms with Gasteiger partial charge in [-0.25, -0.2) is 0 Å². The molecule has 1 amide bonds. The largest absolute Gasteiger partial charge is 0.455 e. The molecule has 3 aromatic rings. The van der Waals surface area contributed by atoms with Crippen molar-refractivity contribution >= 4 is 17.8 Å². The zero-order valence-corrected chi connectivity index (χ0v) is 20.0. The van der Waals surface area contributed by atoms with Gasteiger partial charge in [-0.15, -0.1) is 0 Å². The topological polar surface area (TPSA) is 92.3 Å². The van der Waals surface area contributed by atoms with Gasteiger partial charge in [0, 0.05) is 11.1 Å². The maximum Gasteiger partial charge on any atom is 0.312 e. The Hall–Kier alpha value is -3.85. The number of furan rings is 1. The van der Waals surface area contributed by atoms with E-state index in [0.29, 0.717) is 29.1 Å². The molecule has 6 nitrogen and oxygen atoms in total. The molecular formula is C30H28N2O4. The van der Waals surface area contributed by atoms with Crippen molar-refractivity contribution in [3.63, 3.8) is 0 Å². The number of ether oxygens (including phenoxy) is 1. The Morgan fingerprint density at radius 3 is 2.03 bits per heavy atom. The Labute approximate surface area is 210 Å². The van der Waals surface area contributed by atoms with Crippen LogP contribution in [0.15, 0.2) is 65.1 Å². The third kappa shape index (κ3) is 3.99. The number of nitriles is 1. The maximum atomic E-state index is 13.1. The van der Waals surface area contributed by atoms with Crippen LogP contribution in [-0.2, 0) is 14.3 Å². The summed E-state index contributed by atoms with van der Waals surface area (Å²) >= 11 is 0. The SMILES string of the molecule is N#Cc1c(NC(=O)COC(=O)C23CC4CC(CC(C4)C2)C3)oc(-c2ccccc2)c1-c1ccccc1. The molecule has 4 aliphatic carbocycles. The first-order valence-corrected chi connectivity index (χ1v) is 12.7. The number of carbonyl (C=O) groups excluding carboxylic acids is 2. The summed E-state index contributed by atoms with van der Waals surface area (Å²) < 4.78 is 11.6. The van der Waals surface area contributed by atoms with Crippen LogP contribution < -0.4 is 5.32 Å². The highest BCUT2D eigenvalue weighted by Crippen LogP contribution is 2.60. The van der Waals surface area contributed by atoms with Gasteiger partial charge in [-0.3, -0.25) is 14.9 Å². The van der Waals surface area contributed by atoms with Crippen LogP contribution in [0.25, 0.3) is 22.5 Å². The third-order valence-electron chi connectivity index (χ3n) is 8.18. The lowest BCUT2D eigenvalue weighted by atomic mass is 9.49. The molecule has 1 heterocycles. The number of esters is 1. The molecule has 0 aliphatic heterocycles. The average molecular weight is 481 g/mol. The second kappa shape index (κ2) is 8.98. The zero-order valence-electron chi connectivity index (χ0n) is 20.0. The van der Waals surface area contributed by atoms with Crippen LogP contribution in [-0.4, -0.2) is 18.5 Å². The minimum atomic E-state index is -0.516. The highest BCUT2D eigenvalue weighted by atomic mass is 16.5. The third-order valence-corrected chi connectivity index (χ3v) is 8.18. The fraction of sp³-hybridized carbons (Fsp3) is 0.367. The molecular weight excluding hydrogens is 452 g/mol. The first-order valence-electron chi connectivity index (χ1n) is 12.7. The number of anilines is 1. The fourth-order valence-corrected chi connectivity index (χ4v) is 7.11. The van der Waals surface area contributed by atoms with Gasteiger partial charge in [0.05, 0.1) is 5.41 Å². The number of hydrogen-bond acceptors (Lipinski definition) is 5. The number of benzene rings is 2. The van der Waals surface area contributed by atoms with E-state index in [9.17, 15) is 14.9 Å². The van der Waals surface area contributed by atoms with Crippen molar-refractivity contribution in [1.82, 2.24) is 0 Å². The number of carbonyl (C=O) groups is 2. The van der Waals surface area contributed by atoms with Crippen LogP contribution in [0.3, 0.4) is 0 Å². The number of hydrogen-bond donors (Lipinski definition) is 1. The summed E-state index contributed by atoms with van der Waals surface area (Å²) in [5, 5.41) is 12.7. The van der Waals surface area contributed by atoms with Crippen LogP contribution >= 0.6 is 0 Å². The molecule has 0 radical (unpaired) electrons. The Bertz CT molecular complexity index is 1300. The summed E-state index contributed by atoms with van der Waals surface area (Å²) in [6.07, 6.45) is 6.35. The first kappa shape index (κ1) is 22.6. The van der Waals surface area contributed by atoms with Gasteiger partial charge in [0.1, 0.15) is 17.4 Å². The van der Waals surface area contributed by atoms with Gasteiger partial charge in [0.25, 0.3) is 5.91 Å². The average Bonchev–Trinajstić information content (AvgIpc) is 3.25. The summed E-state index contributed by atoms with van der Waals surface area (Å²) in [7, 11) is 0. The molecule has 4 saturated carbocycles. The standard InChI is InChI=1S/C30H28N2O4/c31-17-24-26(22-7-3-1-4-8-22)27(23-9-5-2-6-10-23)36-28(24)32-25(33)18-35-29(34)30-14-19-11-20(15-30)13-21(12-19)16-30/h1-10,19-21H,11-16,18H2,(H,32,33). The molecule has 1 aromatic heterocycles. The van der Waals surface area contributed by atoms with E-state index in [-0.39, 0.29) is 17.4 Å². The van der Waals surface area contributed by atoms with E-state index in [1.807, 2.05) is 60.7 Å². The van der Waals surface area contributed by atoms with Crippen molar-refractivity contribution in [1.29, 1.82) is 5.26 Å². The smallest absolute Gasteiger partial charge is 0.312 e. The Balaban J connectivity index is 1.22. The number of nitrogens with zero attached hydrogens (tertiary/aromatic N) is 1. The highest BCUT2D eigenvalue weighted by molar-refractivity contribution is 5.97. The van der Waals surface area contributed by atoms with Crippen molar-refractivity contribution < 1.29 is 18.7 Å². The van der Waals surface area contributed by atoms with E-state index in [1.54, 1.807) is 0 Å². The highest BCUT2D eigenvalue weighted by Gasteiger charge is 2.55. The monoisotopic (exact) mass is 480 g/mol. The minimum Gasteiger partial charge on any atom is -0.455 e. The van der Waals surface area contributed by atoms with Crippen LogP contribution in [0.1, 0.15) is 44.1 Å². The van der Waals surface area contributed by atoms with Gasteiger partial charge in [0.2, 0.25) is 5.88 Å². The fourth-order valence-electron chi connectivity index (χ4n) is 7.11. The molecule has 7 rings (SSSR count). The van der Waals surface area contributed by atoms with Crippen LogP contribution in [0.4, 0.5) is 5.88 Å². The Kier molecular flexibility index (Phi) is 5.64. The molecule has 4 bridgehead atoms. The van der Waals surface area contributed by atoms with E-state index in [0.717, 1.165) is 30.4 Å².